The maximum absolute atomic E-state index is 8.92. The summed E-state index contributed by atoms with van der Waals surface area (Å²) >= 11 is 0. The van der Waals surface area contributed by atoms with Crippen LogP contribution in [0.25, 0.3) is 11.1 Å². The van der Waals surface area contributed by atoms with Gasteiger partial charge in [-0.15, -0.1) is 0 Å². The highest BCUT2D eigenvalue weighted by Gasteiger charge is 2.05. The third kappa shape index (κ3) is 2.90. The van der Waals surface area contributed by atoms with Crippen molar-refractivity contribution >= 4 is 11.5 Å². The molecular formula is C18H13N3. The Labute approximate surface area is 123 Å². The summed E-state index contributed by atoms with van der Waals surface area (Å²) in [6.07, 6.45) is 0. The second kappa shape index (κ2) is 5.89. The minimum Gasteiger partial charge on any atom is -0.340 e. The van der Waals surface area contributed by atoms with Crippen LogP contribution >= 0.6 is 0 Å². The summed E-state index contributed by atoms with van der Waals surface area (Å²) in [5.74, 6) is 0.664. The number of para-hydroxylation sites is 1. The molecule has 0 radical (unpaired) electrons. The number of pyridine rings is 1. The lowest BCUT2D eigenvalue weighted by Gasteiger charge is -2.11. The van der Waals surface area contributed by atoms with E-state index in [0.29, 0.717) is 11.5 Å². The van der Waals surface area contributed by atoms with Gasteiger partial charge >= 0.3 is 0 Å². The van der Waals surface area contributed by atoms with Gasteiger partial charge in [0.1, 0.15) is 17.6 Å². The first-order valence-corrected chi connectivity index (χ1v) is 6.65. The molecule has 100 valence electrons. The fourth-order valence-electron chi connectivity index (χ4n) is 2.17. The Bertz CT molecular complexity index is 789. The summed E-state index contributed by atoms with van der Waals surface area (Å²) in [7, 11) is 0. The zero-order valence-corrected chi connectivity index (χ0v) is 11.3. The van der Waals surface area contributed by atoms with Crippen molar-refractivity contribution in [3.8, 4) is 17.2 Å². The predicted molar refractivity (Wildman–Crippen MR) is 84.1 cm³/mol. The molecule has 3 heteroatoms. The molecule has 0 aliphatic carbocycles. The third-order valence-electron chi connectivity index (χ3n) is 3.14. The quantitative estimate of drug-likeness (QED) is 0.769. The van der Waals surface area contributed by atoms with E-state index in [1.165, 1.54) is 0 Å². The number of anilines is 2. The van der Waals surface area contributed by atoms with Gasteiger partial charge in [-0.2, -0.15) is 5.26 Å². The minimum atomic E-state index is 0.400. The standard InChI is InChI=1S/C18H13N3/c19-13-15-9-6-12-18(20-15)21-17-11-5-4-10-16(17)14-7-2-1-3-8-14/h1-12H,(H,20,21). The third-order valence-corrected chi connectivity index (χ3v) is 3.14. The highest BCUT2D eigenvalue weighted by atomic mass is 15.0. The Kier molecular flexibility index (Phi) is 3.62. The second-order valence-corrected chi connectivity index (χ2v) is 4.56. The molecule has 0 atom stereocenters. The fraction of sp³-hybridized carbons (Fsp3) is 0. The van der Waals surface area contributed by atoms with Gasteiger partial charge in [0.15, 0.2) is 0 Å². The van der Waals surface area contributed by atoms with Crippen LogP contribution in [0.15, 0.2) is 72.8 Å². The lowest BCUT2D eigenvalue weighted by atomic mass is 10.0. The SMILES string of the molecule is N#Cc1cccc(Nc2ccccc2-c2ccccc2)n1. The molecule has 3 aromatic rings. The van der Waals surface area contributed by atoms with Crippen LogP contribution in [0.3, 0.4) is 0 Å². The van der Waals surface area contributed by atoms with Crippen molar-refractivity contribution in [3.05, 3.63) is 78.5 Å². The van der Waals surface area contributed by atoms with Gasteiger partial charge in [-0.05, 0) is 23.8 Å². The number of benzene rings is 2. The van der Waals surface area contributed by atoms with Gasteiger partial charge in [-0.25, -0.2) is 4.98 Å². The van der Waals surface area contributed by atoms with Crippen molar-refractivity contribution in [2.45, 2.75) is 0 Å². The van der Waals surface area contributed by atoms with E-state index in [0.717, 1.165) is 16.8 Å². The predicted octanol–water partition coefficient (Wildman–Crippen LogP) is 4.36. The second-order valence-electron chi connectivity index (χ2n) is 4.56. The molecule has 0 aliphatic heterocycles. The van der Waals surface area contributed by atoms with E-state index in [4.69, 9.17) is 5.26 Å². The highest BCUT2D eigenvalue weighted by Crippen LogP contribution is 2.29. The average molecular weight is 271 g/mol. The van der Waals surface area contributed by atoms with Crippen LogP contribution in [0.5, 0.6) is 0 Å². The number of hydrogen-bond donors (Lipinski definition) is 1. The van der Waals surface area contributed by atoms with Crippen molar-refractivity contribution in [1.82, 2.24) is 4.98 Å². The molecule has 2 aromatic carbocycles. The van der Waals surface area contributed by atoms with Crippen molar-refractivity contribution in [1.29, 1.82) is 5.26 Å². The first-order valence-electron chi connectivity index (χ1n) is 6.65. The maximum atomic E-state index is 8.92. The molecule has 0 saturated heterocycles. The topological polar surface area (TPSA) is 48.7 Å². The van der Waals surface area contributed by atoms with Gasteiger partial charge in [0.05, 0.1) is 0 Å². The summed E-state index contributed by atoms with van der Waals surface area (Å²) in [4.78, 5) is 4.25. The number of nitrogens with zero attached hydrogens (tertiary/aromatic N) is 2. The van der Waals surface area contributed by atoms with Crippen LogP contribution in [0.1, 0.15) is 5.69 Å². The van der Waals surface area contributed by atoms with E-state index < -0.39 is 0 Å². The van der Waals surface area contributed by atoms with E-state index in [-0.39, 0.29) is 0 Å². The van der Waals surface area contributed by atoms with Crippen molar-refractivity contribution in [2.75, 3.05) is 5.32 Å². The van der Waals surface area contributed by atoms with Gasteiger partial charge < -0.3 is 5.32 Å². The molecule has 3 nitrogen and oxygen atoms in total. The monoisotopic (exact) mass is 271 g/mol. The minimum absolute atomic E-state index is 0.400. The van der Waals surface area contributed by atoms with E-state index in [2.05, 4.69) is 28.5 Å². The van der Waals surface area contributed by atoms with Crippen LogP contribution in [0, 0.1) is 11.3 Å². The van der Waals surface area contributed by atoms with Gasteiger partial charge in [0, 0.05) is 11.3 Å². The summed E-state index contributed by atoms with van der Waals surface area (Å²) in [6, 6.07) is 25.6. The Morgan fingerprint density at radius 1 is 0.810 bits per heavy atom. The molecule has 1 N–H and O–H groups in total. The van der Waals surface area contributed by atoms with E-state index in [1.54, 1.807) is 6.07 Å². The van der Waals surface area contributed by atoms with Crippen molar-refractivity contribution in [2.24, 2.45) is 0 Å². The molecule has 1 aromatic heterocycles. The first kappa shape index (κ1) is 12.9. The molecule has 0 bridgehead atoms. The number of nitriles is 1. The van der Waals surface area contributed by atoms with Crippen LogP contribution in [0.2, 0.25) is 0 Å². The molecule has 1 heterocycles. The van der Waals surface area contributed by atoms with Crippen molar-refractivity contribution in [3.63, 3.8) is 0 Å². The zero-order chi connectivity index (χ0) is 14.5. The summed E-state index contributed by atoms with van der Waals surface area (Å²) < 4.78 is 0. The van der Waals surface area contributed by atoms with Gasteiger partial charge in [-0.3, -0.25) is 0 Å². The number of hydrogen-bond acceptors (Lipinski definition) is 3. The molecule has 0 spiro atoms. The molecule has 0 fully saturated rings. The van der Waals surface area contributed by atoms with Crippen LogP contribution < -0.4 is 5.32 Å². The van der Waals surface area contributed by atoms with Crippen LogP contribution in [0.4, 0.5) is 11.5 Å². The van der Waals surface area contributed by atoms with Gasteiger partial charge in [-0.1, -0.05) is 54.6 Å². The first-order chi connectivity index (χ1) is 10.4. The zero-order valence-electron chi connectivity index (χ0n) is 11.3. The highest BCUT2D eigenvalue weighted by molar-refractivity contribution is 5.80. The molecule has 0 aliphatic rings. The lowest BCUT2D eigenvalue weighted by Crippen LogP contribution is -1.96. The van der Waals surface area contributed by atoms with Crippen LogP contribution in [-0.4, -0.2) is 4.98 Å². The normalized spacial score (nSPS) is 9.86. The number of aromatic nitrogens is 1. The lowest BCUT2D eigenvalue weighted by molar-refractivity contribution is 1.25. The van der Waals surface area contributed by atoms with E-state index >= 15 is 0 Å². The van der Waals surface area contributed by atoms with E-state index in [9.17, 15) is 0 Å². The fourth-order valence-corrected chi connectivity index (χ4v) is 2.17. The molecule has 0 amide bonds. The smallest absolute Gasteiger partial charge is 0.142 e. The number of nitrogens with one attached hydrogen (secondary N) is 1. The van der Waals surface area contributed by atoms with Gasteiger partial charge in [0.25, 0.3) is 0 Å². The Morgan fingerprint density at radius 2 is 1.57 bits per heavy atom. The molecule has 3 rings (SSSR count). The Morgan fingerprint density at radius 3 is 2.38 bits per heavy atom. The Balaban J connectivity index is 1.98. The summed E-state index contributed by atoms with van der Waals surface area (Å²) in [6.45, 7) is 0. The maximum Gasteiger partial charge on any atom is 0.142 e. The molecular weight excluding hydrogens is 258 g/mol. The van der Waals surface area contributed by atoms with Crippen LogP contribution in [-0.2, 0) is 0 Å². The molecule has 0 saturated carbocycles. The summed E-state index contributed by atoms with van der Waals surface area (Å²) in [5.41, 5.74) is 3.60. The number of rotatable bonds is 3. The summed E-state index contributed by atoms with van der Waals surface area (Å²) in [5, 5.41) is 12.2. The molecule has 21 heavy (non-hydrogen) atoms. The van der Waals surface area contributed by atoms with Crippen molar-refractivity contribution < 1.29 is 0 Å². The Hall–Kier alpha value is -3.12. The van der Waals surface area contributed by atoms with Gasteiger partial charge in [0.2, 0.25) is 0 Å². The average Bonchev–Trinajstić information content (AvgIpc) is 2.56. The molecule has 0 unspecified atom stereocenters. The largest absolute Gasteiger partial charge is 0.340 e. The van der Waals surface area contributed by atoms with E-state index in [1.807, 2.05) is 54.6 Å².